The molecule has 0 aliphatic carbocycles. The summed E-state index contributed by atoms with van der Waals surface area (Å²) in [6.07, 6.45) is 0. The Balaban J connectivity index is 3.18. The number of sulfonamides is 1. The summed E-state index contributed by atoms with van der Waals surface area (Å²) in [5.74, 6) is -0.664. The van der Waals surface area contributed by atoms with Crippen molar-refractivity contribution < 1.29 is 17.9 Å². The fraction of sp³-hybridized carbons (Fsp3) is 0.429. The lowest BCUT2D eigenvalue weighted by atomic mass is 9.87. The van der Waals surface area contributed by atoms with Gasteiger partial charge in [0.25, 0.3) is 0 Å². The molecule has 1 atom stereocenters. The number of methoxy groups -OCH3 is 1. The minimum Gasteiger partial charge on any atom is -0.468 e. The van der Waals surface area contributed by atoms with E-state index >= 15 is 0 Å². The zero-order chi connectivity index (χ0) is 16.3. The number of hydrogen-bond acceptors (Lipinski definition) is 5. The molecule has 0 spiro atoms. The smallest absolute Gasteiger partial charge is 0.324 e. The lowest BCUT2D eigenvalue weighted by molar-refractivity contribution is -0.145. The number of carbonyl (C=O) groups excluding carboxylic acids is 1. The van der Waals surface area contributed by atoms with Gasteiger partial charge in [0.15, 0.2) is 0 Å². The van der Waals surface area contributed by atoms with E-state index in [1.165, 1.54) is 31.4 Å². The normalized spacial score (nSPS) is 13.3. The first-order valence-corrected chi connectivity index (χ1v) is 7.70. The SMILES string of the molecule is COC(=O)C(NS(=O)(=O)c1cccc(C#N)c1)C(C)(C)C. The molecule has 0 amide bonds. The number of ether oxygens (including phenoxy) is 1. The number of nitriles is 1. The van der Waals surface area contributed by atoms with Crippen LogP contribution in [-0.4, -0.2) is 27.5 Å². The second kappa shape index (κ2) is 6.24. The van der Waals surface area contributed by atoms with Gasteiger partial charge in [-0.1, -0.05) is 26.8 Å². The molecule has 21 heavy (non-hydrogen) atoms. The highest BCUT2D eigenvalue weighted by Gasteiger charge is 2.36. The van der Waals surface area contributed by atoms with Crippen molar-refractivity contribution in [3.8, 4) is 6.07 Å². The van der Waals surface area contributed by atoms with Gasteiger partial charge < -0.3 is 4.74 Å². The van der Waals surface area contributed by atoms with Crippen LogP contribution in [-0.2, 0) is 19.6 Å². The third kappa shape index (κ3) is 4.28. The number of benzene rings is 1. The van der Waals surface area contributed by atoms with Crippen molar-refractivity contribution >= 4 is 16.0 Å². The Morgan fingerprint density at radius 2 is 2.00 bits per heavy atom. The van der Waals surface area contributed by atoms with Gasteiger partial charge in [0.2, 0.25) is 10.0 Å². The van der Waals surface area contributed by atoms with Gasteiger partial charge in [-0.25, -0.2) is 8.42 Å². The standard InChI is InChI=1S/C14H18N2O4S/c1-14(2,3)12(13(17)20-4)16-21(18,19)11-7-5-6-10(8-11)9-15/h5-8,12,16H,1-4H3. The molecule has 0 fully saturated rings. The van der Waals surface area contributed by atoms with Crippen molar-refractivity contribution in [1.82, 2.24) is 4.72 Å². The molecule has 1 rings (SSSR count). The number of carbonyl (C=O) groups is 1. The summed E-state index contributed by atoms with van der Waals surface area (Å²) in [5.41, 5.74) is -0.434. The molecule has 1 aromatic rings. The van der Waals surface area contributed by atoms with E-state index in [0.29, 0.717) is 0 Å². The Morgan fingerprint density at radius 3 is 2.48 bits per heavy atom. The molecule has 6 nitrogen and oxygen atoms in total. The van der Waals surface area contributed by atoms with Crippen LogP contribution in [0.3, 0.4) is 0 Å². The van der Waals surface area contributed by atoms with Gasteiger partial charge in [-0.05, 0) is 23.6 Å². The zero-order valence-corrected chi connectivity index (χ0v) is 13.2. The Morgan fingerprint density at radius 1 is 1.38 bits per heavy atom. The van der Waals surface area contributed by atoms with Gasteiger partial charge in [0, 0.05) is 0 Å². The van der Waals surface area contributed by atoms with Crippen molar-refractivity contribution in [2.75, 3.05) is 7.11 Å². The molecule has 0 saturated carbocycles. The molecular weight excluding hydrogens is 292 g/mol. The van der Waals surface area contributed by atoms with E-state index in [9.17, 15) is 13.2 Å². The third-order valence-electron chi connectivity index (χ3n) is 2.85. The maximum absolute atomic E-state index is 12.3. The number of rotatable bonds is 4. The number of hydrogen-bond donors (Lipinski definition) is 1. The first-order valence-electron chi connectivity index (χ1n) is 6.22. The molecule has 0 bridgehead atoms. The van der Waals surface area contributed by atoms with E-state index < -0.39 is 27.4 Å². The Hall–Kier alpha value is -1.91. The predicted octanol–water partition coefficient (Wildman–Crippen LogP) is 1.42. The molecule has 0 aliphatic heterocycles. The quantitative estimate of drug-likeness (QED) is 0.848. The fourth-order valence-electron chi connectivity index (χ4n) is 1.65. The molecule has 0 aromatic heterocycles. The summed E-state index contributed by atoms with van der Waals surface area (Å²) < 4.78 is 31.7. The Labute approximate surface area is 124 Å². The van der Waals surface area contributed by atoms with Crippen LogP contribution in [0, 0.1) is 16.7 Å². The maximum Gasteiger partial charge on any atom is 0.324 e. The highest BCUT2D eigenvalue weighted by Crippen LogP contribution is 2.22. The van der Waals surface area contributed by atoms with Gasteiger partial charge in [-0.3, -0.25) is 4.79 Å². The van der Waals surface area contributed by atoms with Gasteiger partial charge in [0.1, 0.15) is 6.04 Å². The van der Waals surface area contributed by atoms with Crippen LogP contribution in [0.25, 0.3) is 0 Å². The van der Waals surface area contributed by atoms with E-state index in [1.54, 1.807) is 20.8 Å². The molecule has 7 heteroatoms. The van der Waals surface area contributed by atoms with Crippen LogP contribution in [0.5, 0.6) is 0 Å². The number of nitrogens with zero attached hydrogens (tertiary/aromatic N) is 1. The highest BCUT2D eigenvalue weighted by atomic mass is 32.2. The average Bonchev–Trinajstić information content (AvgIpc) is 2.43. The van der Waals surface area contributed by atoms with Gasteiger partial charge in [-0.2, -0.15) is 9.98 Å². The molecule has 0 radical (unpaired) electrons. The molecule has 1 aromatic carbocycles. The van der Waals surface area contributed by atoms with E-state index in [2.05, 4.69) is 9.46 Å². The van der Waals surface area contributed by atoms with Crippen molar-refractivity contribution in [3.63, 3.8) is 0 Å². The summed E-state index contributed by atoms with van der Waals surface area (Å²) in [5, 5.41) is 8.83. The molecule has 114 valence electrons. The summed E-state index contributed by atoms with van der Waals surface area (Å²) in [4.78, 5) is 11.7. The van der Waals surface area contributed by atoms with Crippen LogP contribution in [0.2, 0.25) is 0 Å². The maximum atomic E-state index is 12.3. The topological polar surface area (TPSA) is 96.3 Å². The van der Waals surface area contributed by atoms with Crippen LogP contribution < -0.4 is 4.72 Å². The van der Waals surface area contributed by atoms with E-state index in [0.717, 1.165) is 0 Å². The molecule has 0 saturated heterocycles. The molecule has 1 N–H and O–H groups in total. The van der Waals surface area contributed by atoms with Crippen molar-refractivity contribution in [1.29, 1.82) is 5.26 Å². The van der Waals surface area contributed by atoms with Crippen LogP contribution in [0.1, 0.15) is 26.3 Å². The fourth-order valence-corrected chi connectivity index (χ4v) is 3.09. The van der Waals surface area contributed by atoms with Gasteiger partial charge in [-0.15, -0.1) is 0 Å². The second-order valence-electron chi connectivity index (χ2n) is 5.58. The first kappa shape index (κ1) is 17.1. The van der Waals surface area contributed by atoms with Crippen LogP contribution >= 0.6 is 0 Å². The zero-order valence-electron chi connectivity index (χ0n) is 12.4. The third-order valence-corrected chi connectivity index (χ3v) is 4.27. The lowest BCUT2D eigenvalue weighted by Gasteiger charge is -2.28. The van der Waals surface area contributed by atoms with Crippen LogP contribution in [0.15, 0.2) is 29.2 Å². The van der Waals surface area contributed by atoms with Crippen LogP contribution in [0.4, 0.5) is 0 Å². The van der Waals surface area contributed by atoms with Gasteiger partial charge in [0.05, 0.1) is 23.6 Å². The summed E-state index contributed by atoms with van der Waals surface area (Å²) in [6.45, 7) is 5.18. The minimum atomic E-state index is -3.93. The van der Waals surface area contributed by atoms with E-state index in [-0.39, 0.29) is 10.5 Å². The summed E-state index contributed by atoms with van der Waals surface area (Å²) in [6, 6.07) is 6.42. The van der Waals surface area contributed by atoms with Crippen molar-refractivity contribution in [2.45, 2.75) is 31.7 Å². The monoisotopic (exact) mass is 310 g/mol. The summed E-state index contributed by atoms with van der Waals surface area (Å²) >= 11 is 0. The molecular formula is C14H18N2O4S. The Kier molecular flexibility index (Phi) is 5.10. The molecule has 0 aliphatic rings. The number of nitrogens with one attached hydrogen (secondary N) is 1. The lowest BCUT2D eigenvalue weighted by Crippen LogP contribution is -2.49. The Bertz CT molecular complexity index is 669. The number of esters is 1. The molecule has 0 heterocycles. The minimum absolute atomic E-state index is 0.0697. The molecule has 1 unspecified atom stereocenters. The van der Waals surface area contributed by atoms with E-state index in [1.807, 2.05) is 6.07 Å². The summed E-state index contributed by atoms with van der Waals surface area (Å²) in [7, 11) is -2.73. The highest BCUT2D eigenvalue weighted by molar-refractivity contribution is 7.89. The largest absolute Gasteiger partial charge is 0.468 e. The predicted molar refractivity (Wildman–Crippen MR) is 76.7 cm³/mol. The second-order valence-corrected chi connectivity index (χ2v) is 7.30. The van der Waals surface area contributed by atoms with Gasteiger partial charge >= 0.3 is 5.97 Å². The average molecular weight is 310 g/mol. The van der Waals surface area contributed by atoms with E-state index in [4.69, 9.17) is 5.26 Å². The van der Waals surface area contributed by atoms with Crippen molar-refractivity contribution in [3.05, 3.63) is 29.8 Å². The van der Waals surface area contributed by atoms with Crippen molar-refractivity contribution in [2.24, 2.45) is 5.41 Å². The first-order chi connectivity index (χ1) is 9.61.